The highest BCUT2D eigenvalue weighted by Crippen LogP contribution is 2.31. The Morgan fingerprint density at radius 3 is 2.77 bits per heavy atom. The molecule has 114 valence electrons. The van der Waals surface area contributed by atoms with Crippen molar-refractivity contribution in [3.05, 3.63) is 54.1 Å². The van der Waals surface area contributed by atoms with Gasteiger partial charge in [0.15, 0.2) is 0 Å². The van der Waals surface area contributed by atoms with E-state index in [1.54, 1.807) is 7.11 Å². The Hall–Kier alpha value is -2.49. The predicted octanol–water partition coefficient (Wildman–Crippen LogP) is 3.08. The number of fused-ring (bicyclic) bond motifs is 1. The average molecular weight is 296 g/mol. The highest BCUT2D eigenvalue weighted by molar-refractivity contribution is 5.95. The highest BCUT2D eigenvalue weighted by Gasteiger charge is 2.27. The van der Waals surface area contributed by atoms with E-state index in [0.717, 1.165) is 12.1 Å². The predicted molar refractivity (Wildman–Crippen MR) is 88.6 cm³/mol. The number of carbonyl (C=O) groups excluding carboxylic acids is 1. The van der Waals surface area contributed by atoms with E-state index in [0.29, 0.717) is 24.0 Å². The van der Waals surface area contributed by atoms with E-state index in [1.807, 2.05) is 36.4 Å². The lowest BCUT2D eigenvalue weighted by Crippen LogP contribution is -2.37. The molecular formula is C18H20N2O2. The molecule has 0 spiro atoms. The second-order valence-electron chi connectivity index (χ2n) is 5.56. The number of anilines is 2. The average Bonchev–Trinajstić information content (AvgIpc) is 2.84. The molecule has 0 saturated carbocycles. The topological polar surface area (TPSA) is 41.6 Å². The number of methoxy groups -OCH3 is 1. The molecule has 1 aliphatic heterocycles. The summed E-state index contributed by atoms with van der Waals surface area (Å²) in [6, 6.07) is 16.0. The van der Waals surface area contributed by atoms with E-state index in [9.17, 15) is 4.79 Å². The maximum atomic E-state index is 12.4. The molecule has 1 heterocycles. The lowest BCUT2D eigenvalue weighted by Gasteiger charge is -2.24. The molecule has 1 atom stereocenters. The molecule has 1 amide bonds. The Labute approximate surface area is 130 Å². The van der Waals surface area contributed by atoms with Crippen LogP contribution in [0, 0.1) is 0 Å². The molecule has 3 rings (SSSR count). The first-order valence-corrected chi connectivity index (χ1v) is 7.46. The van der Waals surface area contributed by atoms with Crippen LogP contribution in [-0.4, -0.2) is 25.6 Å². The van der Waals surface area contributed by atoms with Crippen molar-refractivity contribution >= 4 is 17.3 Å². The maximum absolute atomic E-state index is 12.4. The zero-order valence-electron chi connectivity index (χ0n) is 12.9. The number of hydrogen-bond donors (Lipinski definition) is 1. The van der Waals surface area contributed by atoms with Crippen molar-refractivity contribution in [2.45, 2.75) is 19.4 Å². The molecule has 2 aromatic carbocycles. The van der Waals surface area contributed by atoms with Crippen molar-refractivity contribution < 1.29 is 9.53 Å². The van der Waals surface area contributed by atoms with Gasteiger partial charge in [-0.15, -0.1) is 0 Å². The Bertz CT molecular complexity index is 684. The minimum absolute atomic E-state index is 0.0342. The van der Waals surface area contributed by atoms with Crippen LogP contribution in [0.2, 0.25) is 0 Å². The van der Waals surface area contributed by atoms with Crippen LogP contribution in [0.5, 0.6) is 5.75 Å². The van der Waals surface area contributed by atoms with E-state index in [4.69, 9.17) is 4.74 Å². The van der Waals surface area contributed by atoms with E-state index >= 15 is 0 Å². The first-order chi connectivity index (χ1) is 10.7. The molecule has 4 nitrogen and oxygen atoms in total. The summed E-state index contributed by atoms with van der Waals surface area (Å²) in [5.74, 6) is 0.638. The molecule has 0 bridgehead atoms. The van der Waals surface area contributed by atoms with E-state index in [1.165, 1.54) is 5.56 Å². The summed E-state index contributed by atoms with van der Waals surface area (Å²) in [6.07, 6.45) is 0.984. The Kier molecular flexibility index (Phi) is 4.00. The fourth-order valence-corrected chi connectivity index (χ4v) is 2.96. The zero-order valence-corrected chi connectivity index (χ0v) is 12.9. The van der Waals surface area contributed by atoms with Gasteiger partial charge in [-0.3, -0.25) is 4.79 Å². The van der Waals surface area contributed by atoms with Crippen LogP contribution in [-0.2, 0) is 11.2 Å². The van der Waals surface area contributed by atoms with Gasteiger partial charge in [0, 0.05) is 11.7 Å². The van der Waals surface area contributed by atoms with Crippen LogP contribution in [0.15, 0.2) is 48.5 Å². The third-order valence-electron chi connectivity index (χ3n) is 4.04. The number of para-hydroxylation sites is 3. The monoisotopic (exact) mass is 296 g/mol. The molecule has 2 aromatic rings. The van der Waals surface area contributed by atoms with Crippen LogP contribution in [0.3, 0.4) is 0 Å². The lowest BCUT2D eigenvalue weighted by molar-refractivity contribution is -0.115. The summed E-state index contributed by atoms with van der Waals surface area (Å²) < 4.78 is 5.27. The lowest BCUT2D eigenvalue weighted by atomic mass is 10.1. The summed E-state index contributed by atoms with van der Waals surface area (Å²) in [7, 11) is 1.60. The van der Waals surface area contributed by atoms with Gasteiger partial charge in [-0.25, -0.2) is 0 Å². The van der Waals surface area contributed by atoms with Crippen molar-refractivity contribution in [3.8, 4) is 5.75 Å². The van der Waals surface area contributed by atoms with Gasteiger partial charge in [-0.2, -0.15) is 0 Å². The van der Waals surface area contributed by atoms with Gasteiger partial charge < -0.3 is 15.0 Å². The van der Waals surface area contributed by atoms with E-state index in [-0.39, 0.29) is 5.91 Å². The molecule has 0 unspecified atom stereocenters. The Morgan fingerprint density at radius 2 is 1.95 bits per heavy atom. The first kappa shape index (κ1) is 14.4. The Morgan fingerprint density at radius 1 is 1.23 bits per heavy atom. The SMILES string of the molecule is COc1ccccc1NC(=O)CN1c2ccccc2C[C@H]1C. The smallest absolute Gasteiger partial charge is 0.244 e. The molecular weight excluding hydrogens is 276 g/mol. The number of ether oxygens (including phenoxy) is 1. The third-order valence-corrected chi connectivity index (χ3v) is 4.04. The van der Waals surface area contributed by atoms with E-state index < -0.39 is 0 Å². The summed E-state index contributed by atoms with van der Waals surface area (Å²) >= 11 is 0. The number of amides is 1. The van der Waals surface area contributed by atoms with Gasteiger partial charge in [-0.05, 0) is 37.1 Å². The van der Waals surface area contributed by atoms with Crippen LogP contribution < -0.4 is 15.0 Å². The number of benzene rings is 2. The Balaban J connectivity index is 1.72. The second kappa shape index (κ2) is 6.10. The van der Waals surface area contributed by atoms with Gasteiger partial charge in [-0.1, -0.05) is 30.3 Å². The van der Waals surface area contributed by atoms with Gasteiger partial charge in [0.2, 0.25) is 5.91 Å². The maximum Gasteiger partial charge on any atom is 0.244 e. The minimum atomic E-state index is -0.0342. The molecule has 0 radical (unpaired) electrons. The van der Waals surface area contributed by atoms with Crippen molar-refractivity contribution in [1.82, 2.24) is 0 Å². The third kappa shape index (κ3) is 2.77. The second-order valence-corrected chi connectivity index (χ2v) is 5.56. The molecule has 22 heavy (non-hydrogen) atoms. The van der Waals surface area contributed by atoms with Gasteiger partial charge in [0.25, 0.3) is 0 Å². The van der Waals surface area contributed by atoms with Crippen LogP contribution in [0.4, 0.5) is 11.4 Å². The molecule has 1 aliphatic rings. The van der Waals surface area contributed by atoms with Crippen molar-refractivity contribution in [1.29, 1.82) is 0 Å². The van der Waals surface area contributed by atoms with Crippen LogP contribution in [0.1, 0.15) is 12.5 Å². The summed E-state index contributed by atoms with van der Waals surface area (Å²) in [5, 5.41) is 2.93. The number of hydrogen-bond acceptors (Lipinski definition) is 3. The largest absolute Gasteiger partial charge is 0.495 e. The van der Waals surface area contributed by atoms with Crippen molar-refractivity contribution in [3.63, 3.8) is 0 Å². The van der Waals surface area contributed by atoms with Crippen molar-refractivity contribution in [2.24, 2.45) is 0 Å². The fourth-order valence-electron chi connectivity index (χ4n) is 2.96. The fraction of sp³-hybridized carbons (Fsp3) is 0.278. The van der Waals surface area contributed by atoms with Gasteiger partial charge in [0.1, 0.15) is 5.75 Å². The minimum Gasteiger partial charge on any atom is -0.495 e. The molecule has 4 heteroatoms. The molecule has 0 fully saturated rings. The van der Waals surface area contributed by atoms with Crippen LogP contribution >= 0.6 is 0 Å². The standard InChI is InChI=1S/C18H20N2O2/c1-13-11-14-7-3-5-9-16(14)20(13)12-18(21)19-15-8-4-6-10-17(15)22-2/h3-10,13H,11-12H2,1-2H3,(H,19,21)/t13-/m1/s1. The summed E-state index contributed by atoms with van der Waals surface area (Å²) in [4.78, 5) is 14.5. The number of carbonyl (C=O) groups is 1. The molecule has 0 aliphatic carbocycles. The highest BCUT2D eigenvalue weighted by atomic mass is 16.5. The quantitative estimate of drug-likeness (QED) is 0.942. The molecule has 0 aromatic heterocycles. The first-order valence-electron chi connectivity index (χ1n) is 7.46. The van der Waals surface area contributed by atoms with Gasteiger partial charge in [0.05, 0.1) is 19.3 Å². The summed E-state index contributed by atoms with van der Waals surface area (Å²) in [5.41, 5.74) is 3.17. The summed E-state index contributed by atoms with van der Waals surface area (Å²) in [6.45, 7) is 2.49. The van der Waals surface area contributed by atoms with E-state index in [2.05, 4.69) is 29.3 Å². The molecule has 0 saturated heterocycles. The normalized spacial score (nSPS) is 16.3. The zero-order chi connectivity index (χ0) is 15.5. The number of nitrogens with one attached hydrogen (secondary N) is 1. The molecule has 1 N–H and O–H groups in total. The van der Waals surface area contributed by atoms with Crippen LogP contribution in [0.25, 0.3) is 0 Å². The number of nitrogens with zero attached hydrogens (tertiary/aromatic N) is 1. The number of rotatable bonds is 4. The van der Waals surface area contributed by atoms with Crippen molar-refractivity contribution in [2.75, 3.05) is 23.9 Å². The van der Waals surface area contributed by atoms with Gasteiger partial charge >= 0.3 is 0 Å².